The lowest BCUT2D eigenvalue weighted by Crippen LogP contribution is -2.24. The Labute approximate surface area is 104 Å². The van der Waals surface area contributed by atoms with Gasteiger partial charge >= 0.3 is 0 Å². The van der Waals surface area contributed by atoms with Crippen molar-refractivity contribution in [2.45, 2.75) is 52.2 Å². The Morgan fingerprint density at radius 3 is 2.59 bits per heavy atom. The van der Waals surface area contributed by atoms with Gasteiger partial charge in [0.05, 0.1) is 6.10 Å². The zero-order chi connectivity index (χ0) is 12.3. The first-order valence-corrected chi connectivity index (χ1v) is 6.66. The van der Waals surface area contributed by atoms with Crippen LogP contribution in [0.4, 0.5) is 0 Å². The van der Waals surface area contributed by atoms with Crippen molar-refractivity contribution >= 4 is 0 Å². The summed E-state index contributed by atoms with van der Waals surface area (Å²) in [5, 5.41) is 0. The molecule has 0 bridgehead atoms. The van der Waals surface area contributed by atoms with Crippen molar-refractivity contribution < 1.29 is 4.74 Å². The van der Waals surface area contributed by atoms with E-state index in [1.54, 1.807) is 0 Å². The predicted octanol–water partition coefficient (Wildman–Crippen LogP) is 3.41. The Morgan fingerprint density at radius 2 is 1.94 bits per heavy atom. The average molecular weight is 233 g/mol. The molecule has 0 amide bonds. The molecule has 1 aliphatic carbocycles. The van der Waals surface area contributed by atoms with Gasteiger partial charge in [-0.15, -0.1) is 0 Å². The fraction of sp³-hybridized carbons (Fsp3) is 0.600. The quantitative estimate of drug-likeness (QED) is 0.868. The molecular weight excluding hydrogens is 210 g/mol. The minimum absolute atomic E-state index is 0.387. The molecule has 2 N–H and O–H groups in total. The summed E-state index contributed by atoms with van der Waals surface area (Å²) in [6.45, 7) is 4.98. The molecule has 0 radical (unpaired) electrons. The zero-order valence-electron chi connectivity index (χ0n) is 10.9. The van der Waals surface area contributed by atoms with Crippen LogP contribution in [-0.2, 0) is 6.54 Å². The number of rotatable bonds is 3. The average Bonchev–Trinajstić information content (AvgIpc) is 2.34. The van der Waals surface area contributed by atoms with Crippen molar-refractivity contribution in [1.82, 2.24) is 0 Å². The molecule has 0 atom stereocenters. The standard InChI is InChI=1S/C15H23NO/c1-11-6-8-14(9-7-11)17-15-12(2)4-3-5-13(15)10-16/h3-5,11,14H,6-10,16H2,1-2H3. The fourth-order valence-electron chi connectivity index (χ4n) is 2.56. The maximum absolute atomic E-state index is 6.18. The molecule has 17 heavy (non-hydrogen) atoms. The highest BCUT2D eigenvalue weighted by atomic mass is 16.5. The van der Waals surface area contributed by atoms with Crippen LogP contribution >= 0.6 is 0 Å². The van der Waals surface area contributed by atoms with Crippen LogP contribution in [0, 0.1) is 12.8 Å². The molecule has 0 aromatic heterocycles. The number of ether oxygens (including phenoxy) is 1. The van der Waals surface area contributed by atoms with Crippen molar-refractivity contribution in [1.29, 1.82) is 0 Å². The maximum atomic E-state index is 6.18. The van der Waals surface area contributed by atoms with Gasteiger partial charge in [-0.2, -0.15) is 0 Å². The van der Waals surface area contributed by atoms with Crippen molar-refractivity contribution in [3.63, 3.8) is 0 Å². The van der Waals surface area contributed by atoms with E-state index in [-0.39, 0.29) is 0 Å². The van der Waals surface area contributed by atoms with E-state index in [1.807, 2.05) is 6.07 Å². The number of hydrogen-bond acceptors (Lipinski definition) is 2. The van der Waals surface area contributed by atoms with Gasteiger partial charge in [-0.1, -0.05) is 25.1 Å². The summed E-state index contributed by atoms with van der Waals surface area (Å²) in [4.78, 5) is 0. The number of nitrogens with two attached hydrogens (primary N) is 1. The van der Waals surface area contributed by atoms with Gasteiger partial charge in [0.15, 0.2) is 0 Å². The van der Waals surface area contributed by atoms with Gasteiger partial charge in [0.2, 0.25) is 0 Å². The highest BCUT2D eigenvalue weighted by Gasteiger charge is 2.20. The van der Waals surface area contributed by atoms with E-state index in [0.717, 1.165) is 17.2 Å². The van der Waals surface area contributed by atoms with E-state index in [9.17, 15) is 0 Å². The lowest BCUT2D eigenvalue weighted by Gasteiger charge is -2.28. The molecule has 0 spiro atoms. The van der Waals surface area contributed by atoms with Crippen molar-refractivity contribution in [2.75, 3.05) is 0 Å². The normalized spacial score (nSPS) is 24.6. The Kier molecular flexibility index (Phi) is 4.06. The van der Waals surface area contributed by atoms with Gasteiger partial charge in [0.25, 0.3) is 0 Å². The minimum atomic E-state index is 0.387. The van der Waals surface area contributed by atoms with Crippen LogP contribution in [-0.4, -0.2) is 6.10 Å². The number of benzene rings is 1. The number of aryl methyl sites for hydroxylation is 1. The molecule has 0 saturated heterocycles. The first-order chi connectivity index (χ1) is 8.20. The van der Waals surface area contributed by atoms with Crippen molar-refractivity contribution in [3.05, 3.63) is 29.3 Å². The van der Waals surface area contributed by atoms with Crippen LogP contribution in [0.2, 0.25) is 0 Å². The molecule has 1 aromatic rings. The second-order valence-corrected chi connectivity index (χ2v) is 5.27. The topological polar surface area (TPSA) is 35.2 Å². The third kappa shape index (κ3) is 3.01. The molecule has 1 aliphatic rings. The summed E-state index contributed by atoms with van der Waals surface area (Å²) < 4.78 is 6.18. The van der Waals surface area contributed by atoms with Crippen LogP contribution in [0.15, 0.2) is 18.2 Å². The number of para-hydroxylation sites is 1. The first kappa shape index (κ1) is 12.4. The van der Waals surface area contributed by atoms with E-state index >= 15 is 0 Å². The largest absolute Gasteiger partial charge is 0.490 e. The van der Waals surface area contributed by atoms with E-state index in [2.05, 4.69) is 26.0 Å². The molecule has 0 aliphatic heterocycles. The molecule has 1 fully saturated rings. The van der Waals surface area contributed by atoms with E-state index in [1.165, 1.54) is 31.2 Å². The highest BCUT2D eigenvalue weighted by Crippen LogP contribution is 2.30. The van der Waals surface area contributed by atoms with Crippen LogP contribution in [0.25, 0.3) is 0 Å². The van der Waals surface area contributed by atoms with Gasteiger partial charge in [-0.05, 0) is 44.1 Å². The van der Waals surface area contributed by atoms with E-state index < -0.39 is 0 Å². The first-order valence-electron chi connectivity index (χ1n) is 6.66. The second kappa shape index (κ2) is 5.54. The van der Waals surface area contributed by atoms with Gasteiger partial charge < -0.3 is 10.5 Å². The highest BCUT2D eigenvalue weighted by molar-refractivity contribution is 5.40. The molecule has 0 unspecified atom stereocenters. The molecular formula is C15H23NO. The third-order valence-corrected chi connectivity index (χ3v) is 3.76. The summed E-state index contributed by atoms with van der Waals surface area (Å²) in [6.07, 6.45) is 5.32. The monoisotopic (exact) mass is 233 g/mol. The van der Waals surface area contributed by atoms with E-state index in [0.29, 0.717) is 12.6 Å². The van der Waals surface area contributed by atoms with Crippen LogP contribution in [0.1, 0.15) is 43.7 Å². The number of hydrogen-bond donors (Lipinski definition) is 1. The Hall–Kier alpha value is -1.02. The Morgan fingerprint density at radius 1 is 1.24 bits per heavy atom. The van der Waals surface area contributed by atoms with Crippen molar-refractivity contribution in [2.24, 2.45) is 11.7 Å². The molecule has 1 saturated carbocycles. The third-order valence-electron chi connectivity index (χ3n) is 3.76. The zero-order valence-corrected chi connectivity index (χ0v) is 10.9. The lowest BCUT2D eigenvalue weighted by atomic mass is 9.89. The minimum Gasteiger partial charge on any atom is -0.490 e. The van der Waals surface area contributed by atoms with Gasteiger partial charge in [0.1, 0.15) is 5.75 Å². The van der Waals surface area contributed by atoms with Crippen molar-refractivity contribution in [3.8, 4) is 5.75 Å². The smallest absolute Gasteiger partial charge is 0.127 e. The molecule has 94 valence electrons. The summed E-state index contributed by atoms with van der Waals surface area (Å²) in [5.41, 5.74) is 8.10. The summed E-state index contributed by atoms with van der Waals surface area (Å²) >= 11 is 0. The van der Waals surface area contributed by atoms with Gasteiger partial charge in [-0.3, -0.25) is 0 Å². The molecule has 2 nitrogen and oxygen atoms in total. The van der Waals surface area contributed by atoms with Crippen LogP contribution in [0.3, 0.4) is 0 Å². The molecule has 2 rings (SSSR count). The molecule has 2 heteroatoms. The van der Waals surface area contributed by atoms with E-state index in [4.69, 9.17) is 10.5 Å². The summed E-state index contributed by atoms with van der Waals surface area (Å²) in [6, 6.07) is 6.21. The molecule has 0 heterocycles. The lowest BCUT2D eigenvalue weighted by molar-refractivity contribution is 0.133. The summed E-state index contributed by atoms with van der Waals surface area (Å²) in [5.74, 6) is 1.88. The maximum Gasteiger partial charge on any atom is 0.127 e. The fourth-order valence-corrected chi connectivity index (χ4v) is 2.56. The van der Waals surface area contributed by atoms with Gasteiger partial charge in [0, 0.05) is 12.1 Å². The van der Waals surface area contributed by atoms with Crippen LogP contribution in [0.5, 0.6) is 5.75 Å². The summed E-state index contributed by atoms with van der Waals surface area (Å²) in [7, 11) is 0. The van der Waals surface area contributed by atoms with Crippen LogP contribution < -0.4 is 10.5 Å². The Balaban J connectivity index is 2.07. The second-order valence-electron chi connectivity index (χ2n) is 5.27. The SMILES string of the molecule is Cc1cccc(CN)c1OC1CCC(C)CC1. The predicted molar refractivity (Wildman–Crippen MR) is 71.1 cm³/mol. The van der Waals surface area contributed by atoms with Gasteiger partial charge in [-0.25, -0.2) is 0 Å². The molecule has 1 aromatic carbocycles. The Bertz CT molecular complexity index is 367.